The second-order valence-corrected chi connectivity index (χ2v) is 7.73. The third kappa shape index (κ3) is 4.22. The van der Waals surface area contributed by atoms with E-state index in [0.29, 0.717) is 17.1 Å². The number of amides is 1. The van der Waals surface area contributed by atoms with Crippen LogP contribution in [-0.4, -0.2) is 32.4 Å². The lowest BCUT2D eigenvalue weighted by Gasteiger charge is -2.19. The number of nitrogens with zero attached hydrogens (tertiary/aromatic N) is 1. The Balaban J connectivity index is 1.64. The first-order valence-electron chi connectivity index (χ1n) is 10.5. The zero-order chi connectivity index (χ0) is 22.7. The first-order chi connectivity index (χ1) is 15.5. The third-order valence-electron chi connectivity index (χ3n) is 5.80. The average molecular weight is 430 g/mol. The molecule has 1 aliphatic rings. The molecule has 0 aromatic heterocycles. The average Bonchev–Trinajstić information content (AvgIpc) is 3.21. The molecule has 0 saturated heterocycles. The quantitative estimate of drug-likeness (QED) is 0.592. The number of benzene rings is 3. The molecule has 3 aromatic rings. The van der Waals surface area contributed by atoms with Crippen molar-refractivity contribution in [3.63, 3.8) is 0 Å². The van der Waals surface area contributed by atoms with Gasteiger partial charge >= 0.3 is 0 Å². The Morgan fingerprint density at radius 1 is 1.06 bits per heavy atom. The SMILES string of the molecule is COc1cccc(C(CN)NC(=O)c2cc(-c3ccc4c(c3)C(C)=NC4)ccc2OC)c1. The normalized spacial score (nSPS) is 13.2. The predicted octanol–water partition coefficient (Wildman–Crippen LogP) is 4.12. The molecule has 3 aromatic carbocycles. The minimum absolute atomic E-state index is 0.249. The minimum Gasteiger partial charge on any atom is -0.497 e. The Morgan fingerprint density at radius 2 is 1.84 bits per heavy atom. The summed E-state index contributed by atoms with van der Waals surface area (Å²) in [5, 5.41) is 3.03. The van der Waals surface area contributed by atoms with Crippen LogP contribution in [0.4, 0.5) is 0 Å². The summed E-state index contributed by atoms with van der Waals surface area (Å²) in [6.45, 7) is 3.00. The number of nitrogens with one attached hydrogen (secondary N) is 1. The van der Waals surface area contributed by atoms with Crippen LogP contribution in [0.15, 0.2) is 65.7 Å². The molecule has 1 unspecified atom stereocenters. The maximum Gasteiger partial charge on any atom is 0.255 e. The lowest BCUT2D eigenvalue weighted by Crippen LogP contribution is -2.33. The summed E-state index contributed by atoms with van der Waals surface area (Å²) in [6.07, 6.45) is 0. The van der Waals surface area contributed by atoms with Gasteiger partial charge in [-0.05, 0) is 59.5 Å². The Kier molecular flexibility index (Phi) is 6.23. The first kappa shape index (κ1) is 21.6. The van der Waals surface area contributed by atoms with Gasteiger partial charge in [0.1, 0.15) is 11.5 Å². The summed E-state index contributed by atoms with van der Waals surface area (Å²) >= 11 is 0. The van der Waals surface area contributed by atoms with Crippen LogP contribution in [0, 0.1) is 0 Å². The van der Waals surface area contributed by atoms with E-state index in [1.807, 2.05) is 49.4 Å². The van der Waals surface area contributed by atoms with Crippen molar-refractivity contribution in [2.45, 2.75) is 19.5 Å². The smallest absolute Gasteiger partial charge is 0.255 e. The van der Waals surface area contributed by atoms with E-state index in [0.717, 1.165) is 34.5 Å². The van der Waals surface area contributed by atoms with Crippen molar-refractivity contribution < 1.29 is 14.3 Å². The summed E-state index contributed by atoms with van der Waals surface area (Å²) in [4.78, 5) is 17.8. The molecular weight excluding hydrogens is 402 g/mol. The largest absolute Gasteiger partial charge is 0.497 e. The molecule has 1 aliphatic heterocycles. The Morgan fingerprint density at radius 3 is 2.59 bits per heavy atom. The molecule has 0 saturated carbocycles. The molecular formula is C26H27N3O3. The maximum absolute atomic E-state index is 13.2. The van der Waals surface area contributed by atoms with Crippen molar-refractivity contribution in [3.8, 4) is 22.6 Å². The Labute approximate surface area is 188 Å². The molecule has 0 spiro atoms. The number of hydrogen-bond donors (Lipinski definition) is 2. The molecule has 1 heterocycles. The summed E-state index contributed by atoms with van der Waals surface area (Å²) in [5.74, 6) is 0.970. The van der Waals surface area contributed by atoms with Crippen LogP contribution in [0.1, 0.15) is 40.0 Å². The molecule has 6 nitrogen and oxygen atoms in total. The van der Waals surface area contributed by atoms with Gasteiger partial charge in [0.05, 0.1) is 32.4 Å². The Bertz CT molecular complexity index is 1190. The van der Waals surface area contributed by atoms with E-state index < -0.39 is 0 Å². The molecule has 4 rings (SSSR count). The number of carbonyl (C=O) groups excluding carboxylic acids is 1. The second-order valence-electron chi connectivity index (χ2n) is 7.73. The molecule has 1 atom stereocenters. The molecule has 3 N–H and O–H groups in total. The second kappa shape index (κ2) is 9.24. The van der Waals surface area contributed by atoms with Crippen LogP contribution < -0.4 is 20.5 Å². The highest BCUT2D eigenvalue weighted by atomic mass is 16.5. The lowest BCUT2D eigenvalue weighted by atomic mass is 9.96. The van der Waals surface area contributed by atoms with E-state index in [4.69, 9.17) is 15.2 Å². The van der Waals surface area contributed by atoms with Crippen LogP contribution in [0.2, 0.25) is 0 Å². The fraction of sp³-hybridized carbons (Fsp3) is 0.231. The molecule has 32 heavy (non-hydrogen) atoms. The standard InChI is InChI=1S/C26H27N3O3/c1-16-22-12-17(7-8-20(22)15-28-16)18-9-10-25(32-3)23(13-18)26(30)29-24(14-27)19-5-4-6-21(11-19)31-2/h4-13,24H,14-15,27H2,1-3H3,(H,29,30). The first-order valence-corrected chi connectivity index (χ1v) is 10.5. The molecule has 0 aliphatic carbocycles. The molecule has 0 fully saturated rings. The zero-order valence-corrected chi connectivity index (χ0v) is 18.5. The maximum atomic E-state index is 13.2. The monoisotopic (exact) mass is 429 g/mol. The van der Waals surface area contributed by atoms with Crippen molar-refractivity contribution in [3.05, 3.63) is 82.9 Å². The number of methoxy groups -OCH3 is 2. The van der Waals surface area contributed by atoms with Gasteiger partial charge in [-0.15, -0.1) is 0 Å². The number of hydrogen-bond acceptors (Lipinski definition) is 5. The van der Waals surface area contributed by atoms with Crippen molar-refractivity contribution in [2.24, 2.45) is 10.7 Å². The van der Waals surface area contributed by atoms with E-state index in [1.165, 1.54) is 5.56 Å². The van der Waals surface area contributed by atoms with Gasteiger partial charge in [0.2, 0.25) is 0 Å². The number of ether oxygens (including phenoxy) is 2. The molecule has 164 valence electrons. The number of nitrogens with two attached hydrogens (primary N) is 1. The molecule has 0 radical (unpaired) electrons. The predicted molar refractivity (Wildman–Crippen MR) is 127 cm³/mol. The van der Waals surface area contributed by atoms with Crippen LogP contribution in [0.25, 0.3) is 11.1 Å². The van der Waals surface area contributed by atoms with Gasteiger partial charge in [0.15, 0.2) is 0 Å². The number of rotatable bonds is 7. The lowest BCUT2D eigenvalue weighted by molar-refractivity contribution is 0.0934. The van der Waals surface area contributed by atoms with Crippen LogP contribution >= 0.6 is 0 Å². The van der Waals surface area contributed by atoms with Gasteiger partial charge < -0.3 is 20.5 Å². The topological polar surface area (TPSA) is 85.9 Å². The Hall–Kier alpha value is -3.64. The van der Waals surface area contributed by atoms with E-state index in [1.54, 1.807) is 14.2 Å². The van der Waals surface area contributed by atoms with Gasteiger partial charge in [0.25, 0.3) is 5.91 Å². The summed E-state index contributed by atoms with van der Waals surface area (Å²) in [5.41, 5.74) is 12.7. The van der Waals surface area contributed by atoms with Gasteiger partial charge in [-0.3, -0.25) is 9.79 Å². The molecule has 6 heteroatoms. The molecule has 1 amide bonds. The third-order valence-corrected chi connectivity index (χ3v) is 5.80. The van der Waals surface area contributed by atoms with E-state index in [2.05, 4.69) is 28.5 Å². The fourth-order valence-electron chi connectivity index (χ4n) is 3.96. The van der Waals surface area contributed by atoms with E-state index in [9.17, 15) is 4.79 Å². The van der Waals surface area contributed by atoms with Crippen molar-refractivity contribution in [1.29, 1.82) is 0 Å². The van der Waals surface area contributed by atoms with Crippen LogP contribution in [0.3, 0.4) is 0 Å². The number of carbonyl (C=O) groups is 1. The van der Waals surface area contributed by atoms with Crippen molar-refractivity contribution >= 4 is 11.6 Å². The number of aliphatic imine (C=N–C) groups is 1. The zero-order valence-electron chi connectivity index (χ0n) is 18.5. The highest BCUT2D eigenvalue weighted by molar-refractivity contribution is 6.03. The van der Waals surface area contributed by atoms with Gasteiger partial charge in [0, 0.05) is 17.8 Å². The van der Waals surface area contributed by atoms with E-state index in [-0.39, 0.29) is 18.5 Å². The highest BCUT2D eigenvalue weighted by Gasteiger charge is 2.20. The number of fused-ring (bicyclic) bond motifs is 1. The van der Waals surface area contributed by atoms with Crippen molar-refractivity contribution in [1.82, 2.24) is 5.32 Å². The van der Waals surface area contributed by atoms with Gasteiger partial charge in [-0.25, -0.2) is 0 Å². The van der Waals surface area contributed by atoms with Gasteiger partial charge in [-0.2, -0.15) is 0 Å². The van der Waals surface area contributed by atoms with Crippen molar-refractivity contribution in [2.75, 3.05) is 20.8 Å². The highest BCUT2D eigenvalue weighted by Crippen LogP contribution is 2.30. The van der Waals surface area contributed by atoms with Crippen LogP contribution in [-0.2, 0) is 6.54 Å². The summed E-state index contributed by atoms with van der Waals surface area (Å²) in [6, 6.07) is 19.1. The van der Waals surface area contributed by atoms with E-state index >= 15 is 0 Å². The summed E-state index contributed by atoms with van der Waals surface area (Å²) < 4.78 is 10.8. The van der Waals surface area contributed by atoms with Crippen LogP contribution in [0.5, 0.6) is 11.5 Å². The minimum atomic E-state index is -0.357. The molecule has 0 bridgehead atoms. The summed E-state index contributed by atoms with van der Waals surface area (Å²) in [7, 11) is 3.17. The van der Waals surface area contributed by atoms with Gasteiger partial charge in [-0.1, -0.05) is 30.3 Å². The fourth-order valence-corrected chi connectivity index (χ4v) is 3.96.